The van der Waals surface area contributed by atoms with Crippen molar-refractivity contribution in [3.63, 3.8) is 0 Å². The van der Waals surface area contributed by atoms with Crippen molar-refractivity contribution in [1.29, 1.82) is 0 Å². The van der Waals surface area contributed by atoms with Gasteiger partial charge in [-0.3, -0.25) is 0 Å². The van der Waals surface area contributed by atoms with Crippen molar-refractivity contribution in [2.45, 2.75) is 17.7 Å². The highest BCUT2D eigenvalue weighted by atomic mass is 32.2. The molecule has 3 nitrogen and oxygen atoms in total. The number of nitrogens with one attached hydrogen (secondary N) is 1. The first-order valence-electron chi connectivity index (χ1n) is 5.96. The van der Waals surface area contributed by atoms with Crippen LogP contribution >= 0.6 is 0 Å². The number of hydrogen-bond acceptors (Lipinski definition) is 3. The van der Waals surface area contributed by atoms with E-state index in [-0.39, 0.29) is 5.92 Å². The van der Waals surface area contributed by atoms with Crippen LogP contribution in [0.25, 0.3) is 6.08 Å². The Kier molecular flexibility index (Phi) is 2.56. The maximum absolute atomic E-state index is 12.4. The summed E-state index contributed by atoms with van der Waals surface area (Å²) in [5.41, 5.74) is 0.841. The number of hydrogen-bond donors (Lipinski definition) is 1. The normalized spacial score (nSPS) is 26.4. The molecule has 0 spiro atoms. The van der Waals surface area contributed by atoms with Crippen LogP contribution in [0, 0.1) is 5.92 Å². The number of piperidine rings is 1. The van der Waals surface area contributed by atoms with Crippen molar-refractivity contribution >= 4 is 15.9 Å². The van der Waals surface area contributed by atoms with Gasteiger partial charge < -0.3 is 5.32 Å². The van der Waals surface area contributed by atoms with Crippen LogP contribution in [-0.4, -0.2) is 21.5 Å². The minimum Gasteiger partial charge on any atom is -0.316 e. The maximum atomic E-state index is 12.4. The van der Waals surface area contributed by atoms with Gasteiger partial charge in [-0.15, -0.1) is 0 Å². The van der Waals surface area contributed by atoms with Crippen LogP contribution in [0.15, 0.2) is 34.1 Å². The fraction of sp³-hybridized carbons (Fsp3) is 0.385. The van der Waals surface area contributed by atoms with Gasteiger partial charge >= 0.3 is 0 Å². The molecule has 1 unspecified atom stereocenters. The van der Waals surface area contributed by atoms with Crippen LogP contribution in [0.5, 0.6) is 0 Å². The topological polar surface area (TPSA) is 46.2 Å². The molecule has 90 valence electrons. The predicted octanol–water partition coefficient (Wildman–Crippen LogP) is 1.81. The van der Waals surface area contributed by atoms with Gasteiger partial charge in [0.05, 0.1) is 9.80 Å². The molecule has 0 bridgehead atoms. The molecule has 2 heterocycles. The summed E-state index contributed by atoms with van der Waals surface area (Å²) in [6, 6.07) is 7.24. The second kappa shape index (κ2) is 3.96. The van der Waals surface area contributed by atoms with Gasteiger partial charge in [0.25, 0.3) is 0 Å². The number of benzene rings is 1. The summed E-state index contributed by atoms with van der Waals surface area (Å²) in [5.74, 6) is 0.140. The largest absolute Gasteiger partial charge is 0.316 e. The van der Waals surface area contributed by atoms with Crippen LogP contribution in [0.2, 0.25) is 0 Å². The molecule has 0 saturated carbocycles. The van der Waals surface area contributed by atoms with Crippen LogP contribution in [0.3, 0.4) is 0 Å². The van der Waals surface area contributed by atoms with Crippen LogP contribution in [0.4, 0.5) is 0 Å². The monoisotopic (exact) mass is 249 g/mol. The average Bonchev–Trinajstić information content (AvgIpc) is 2.63. The Labute approximate surface area is 101 Å². The van der Waals surface area contributed by atoms with Gasteiger partial charge in [0.2, 0.25) is 9.84 Å². The molecule has 0 aromatic heterocycles. The Bertz CT molecular complexity index is 569. The second-order valence-electron chi connectivity index (χ2n) is 4.63. The third kappa shape index (κ3) is 1.72. The molecular weight excluding hydrogens is 234 g/mol. The van der Waals surface area contributed by atoms with Gasteiger partial charge in [-0.05, 0) is 37.1 Å². The van der Waals surface area contributed by atoms with Crippen LogP contribution < -0.4 is 5.32 Å². The van der Waals surface area contributed by atoms with E-state index >= 15 is 0 Å². The van der Waals surface area contributed by atoms with Crippen molar-refractivity contribution in [1.82, 2.24) is 5.32 Å². The summed E-state index contributed by atoms with van der Waals surface area (Å²) < 4.78 is 24.8. The lowest BCUT2D eigenvalue weighted by atomic mass is 9.98. The Balaban J connectivity index is 2.04. The van der Waals surface area contributed by atoms with E-state index in [9.17, 15) is 8.42 Å². The maximum Gasteiger partial charge on any atom is 0.203 e. The Hall–Kier alpha value is -1.13. The molecular formula is C13H15NO2S. The summed E-state index contributed by atoms with van der Waals surface area (Å²) >= 11 is 0. The van der Waals surface area contributed by atoms with Crippen molar-refractivity contribution < 1.29 is 8.42 Å². The van der Waals surface area contributed by atoms with E-state index < -0.39 is 9.84 Å². The Morgan fingerprint density at radius 1 is 1.24 bits per heavy atom. The summed E-state index contributed by atoms with van der Waals surface area (Å²) in [4.78, 5) is 1.08. The van der Waals surface area contributed by atoms with Crippen LogP contribution in [-0.2, 0) is 9.84 Å². The second-order valence-corrected chi connectivity index (χ2v) is 6.55. The Morgan fingerprint density at radius 3 is 2.76 bits per heavy atom. The van der Waals surface area contributed by atoms with Crippen molar-refractivity contribution in [2.75, 3.05) is 13.1 Å². The number of rotatable bonds is 1. The van der Waals surface area contributed by atoms with E-state index in [1.54, 1.807) is 12.1 Å². The summed E-state index contributed by atoms with van der Waals surface area (Å²) in [6.45, 7) is 1.77. The fourth-order valence-corrected chi connectivity index (χ4v) is 4.51. The molecule has 1 saturated heterocycles. The van der Waals surface area contributed by atoms with E-state index in [4.69, 9.17) is 0 Å². The van der Waals surface area contributed by atoms with Crippen molar-refractivity contribution in [3.8, 4) is 0 Å². The quantitative estimate of drug-likeness (QED) is 0.825. The molecule has 1 fully saturated rings. The van der Waals surface area contributed by atoms with Gasteiger partial charge in [-0.25, -0.2) is 8.42 Å². The first kappa shape index (κ1) is 11.0. The van der Waals surface area contributed by atoms with Gasteiger partial charge in [0.1, 0.15) is 0 Å². The van der Waals surface area contributed by atoms with E-state index in [1.165, 1.54) is 0 Å². The molecule has 2 aliphatic rings. The standard InChI is InChI=1S/C13H15NO2S/c15-17(16)12-6-2-1-4-10(12)8-13(17)11-5-3-7-14-9-11/h1-2,4,6,8,11,14H,3,5,7,9H2. The number of sulfone groups is 1. The molecule has 1 aromatic carbocycles. The van der Waals surface area contributed by atoms with E-state index in [0.717, 1.165) is 31.5 Å². The third-order valence-electron chi connectivity index (χ3n) is 3.52. The zero-order valence-corrected chi connectivity index (χ0v) is 10.3. The lowest BCUT2D eigenvalue weighted by Crippen LogP contribution is -2.32. The highest BCUT2D eigenvalue weighted by molar-refractivity contribution is 7.95. The van der Waals surface area contributed by atoms with E-state index in [0.29, 0.717) is 9.80 Å². The SMILES string of the molecule is O=S1(=O)C(C2CCCNC2)=Cc2ccccc21. The fourth-order valence-electron chi connectivity index (χ4n) is 2.63. The van der Waals surface area contributed by atoms with Gasteiger partial charge in [-0.2, -0.15) is 0 Å². The smallest absolute Gasteiger partial charge is 0.203 e. The first-order valence-corrected chi connectivity index (χ1v) is 7.44. The summed E-state index contributed by atoms with van der Waals surface area (Å²) in [6.07, 6.45) is 3.86. The predicted molar refractivity (Wildman–Crippen MR) is 67.2 cm³/mol. The molecule has 1 N–H and O–H groups in total. The Morgan fingerprint density at radius 2 is 2.06 bits per heavy atom. The molecule has 17 heavy (non-hydrogen) atoms. The molecule has 4 heteroatoms. The lowest BCUT2D eigenvalue weighted by Gasteiger charge is -2.23. The molecule has 0 radical (unpaired) electrons. The first-order chi connectivity index (χ1) is 8.19. The lowest BCUT2D eigenvalue weighted by molar-refractivity contribution is 0.431. The number of fused-ring (bicyclic) bond motifs is 1. The molecule has 0 aliphatic carbocycles. The minimum atomic E-state index is -3.22. The van der Waals surface area contributed by atoms with Gasteiger partial charge in [0, 0.05) is 12.5 Å². The molecule has 2 aliphatic heterocycles. The van der Waals surface area contributed by atoms with Crippen molar-refractivity contribution in [3.05, 3.63) is 34.7 Å². The van der Waals surface area contributed by atoms with E-state index in [1.807, 2.05) is 18.2 Å². The third-order valence-corrected chi connectivity index (χ3v) is 5.54. The zero-order chi connectivity index (χ0) is 11.9. The summed E-state index contributed by atoms with van der Waals surface area (Å²) in [5, 5.41) is 3.27. The van der Waals surface area contributed by atoms with E-state index in [2.05, 4.69) is 5.32 Å². The molecule has 3 rings (SSSR count). The minimum absolute atomic E-state index is 0.140. The molecule has 1 atom stereocenters. The van der Waals surface area contributed by atoms with Gasteiger partial charge in [0.15, 0.2) is 0 Å². The highest BCUT2D eigenvalue weighted by Crippen LogP contribution is 2.38. The summed E-state index contributed by atoms with van der Waals surface area (Å²) in [7, 11) is -3.22. The zero-order valence-electron chi connectivity index (χ0n) is 9.52. The van der Waals surface area contributed by atoms with Gasteiger partial charge in [-0.1, -0.05) is 18.2 Å². The highest BCUT2D eigenvalue weighted by Gasteiger charge is 2.34. The van der Waals surface area contributed by atoms with Crippen molar-refractivity contribution in [2.24, 2.45) is 5.92 Å². The molecule has 1 aromatic rings. The molecule has 0 amide bonds. The average molecular weight is 249 g/mol. The van der Waals surface area contributed by atoms with Crippen LogP contribution in [0.1, 0.15) is 18.4 Å².